The molecule has 446 valence electrons. The van der Waals surface area contributed by atoms with Crippen LogP contribution >= 0.6 is 11.6 Å². The van der Waals surface area contributed by atoms with Crippen LogP contribution in [0.1, 0.15) is 74.2 Å². The minimum absolute atomic E-state index is 0.0623. The first-order valence-electron chi connectivity index (χ1n) is 29.9. The molecule has 89 heavy (non-hydrogen) atoms. The Morgan fingerprint density at radius 2 is 1.15 bits per heavy atom. The number of aryl methyl sites for hydroxylation is 1. The van der Waals surface area contributed by atoms with Crippen LogP contribution in [0.4, 0.5) is 22.7 Å². The minimum Gasteiger partial charge on any atom is -0.496 e. The Morgan fingerprint density at radius 3 is 1.73 bits per heavy atom. The van der Waals surface area contributed by atoms with E-state index in [1.807, 2.05) is 153 Å². The van der Waals surface area contributed by atoms with Gasteiger partial charge in [-0.25, -0.2) is 4.79 Å². The van der Waals surface area contributed by atoms with E-state index in [0.717, 1.165) is 72.4 Å². The normalized spacial score (nSPS) is 17.9. The van der Waals surface area contributed by atoms with Gasteiger partial charge in [-0.3, -0.25) is 14.8 Å². The number of hydrogen-bond acceptors (Lipinski definition) is 12. The number of nitrogens with zero attached hydrogens (tertiary/aromatic N) is 4. The molecule has 0 amide bonds. The Morgan fingerprint density at radius 1 is 0.607 bits per heavy atom. The summed E-state index contributed by atoms with van der Waals surface area (Å²) in [6, 6.07) is 56.1. The largest absolute Gasteiger partial charge is 0.496 e. The van der Waals surface area contributed by atoms with Crippen LogP contribution in [0.15, 0.2) is 199 Å². The van der Waals surface area contributed by atoms with Crippen molar-refractivity contribution in [3.05, 3.63) is 221 Å². The molecule has 0 saturated carbocycles. The minimum atomic E-state index is -1.01. The Balaban J connectivity index is 0.000000164. The van der Waals surface area contributed by atoms with E-state index >= 15 is 0 Å². The van der Waals surface area contributed by atoms with E-state index in [-0.39, 0.29) is 5.78 Å². The summed E-state index contributed by atoms with van der Waals surface area (Å²) in [5.41, 5.74) is 5.44. The van der Waals surface area contributed by atoms with Gasteiger partial charge in [-0.2, -0.15) is 0 Å². The number of ether oxygens (including phenoxy) is 6. The number of carbonyl (C=O) groups is 2. The Bertz CT molecular complexity index is 4620. The molecular weight excluding hydrogens is 1130 g/mol. The first-order chi connectivity index (χ1) is 43.0. The Kier molecular flexibility index (Phi) is 14.8. The number of fused-ring (bicyclic) bond motifs is 12. The number of ketones is 1. The number of anilines is 2. The predicted molar refractivity (Wildman–Crippen MR) is 360 cm³/mol. The molecule has 14 rings (SSSR count). The molecule has 0 N–H and O–H groups in total. The molecule has 4 heterocycles. The summed E-state index contributed by atoms with van der Waals surface area (Å²) < 4.78 is 38.0. The zero-order chi connectivity index (χ0) is 62.0. The van der Waals surface area contributed by atoms with Crippen molar-refractivity contribution in [3.8, 4) is 34.5 Å². The second-order valence-corrected chi connectivity index (χ2v) is 24.2. The highest BCUT2D eigenvalue weighted by atomic mass is 35.5. The van der Waals surface area contributed by atoms with E-state index in [9.17, 15) is 9.59 Å². The van der Waals surface area contributed by atoms with Crippen molar-refractivity contribution in [2.75, 3.05) is 43.2 Å². The van der Waals surface area contributed by atoms with Crippen LogP contribution in [-0.2, 0) is 15.6 Å². The zero-order valence-corrected chi connectivity index (χ0v) is 51.8. The van der Waals surface area contributed by atoms with Gasteiger partial charge in [0.15, 0.2) is 5.78 Å². The summed E-state index contributed by atoms with van der Waals surface area (Å²) in [7, 11) is 1.58. The molecule has 4 aliphatic rings. The zero-order valence-electron chi connectivity index (χ0n) is 51.0. The first-order valence-corrected chi connectivity index (χ1v) is 30.3. The molecular formula is C76H67ClN4O8. The van der Waals surface area contributed by atoms with E-state index in [0.29, 0.717) is 71.3 Å². The number of para-hydroxylation sites is 2. The second kappa shape index (κ2) is 22.7. The second-order valence-electron chi connectivity index (χ2n) is 23.8. The summed E-state index contributed by atoms with van der Waals surface area (Å²) in [4.78, 5) is 39.5. The maximum Gasteiger partial charge on any atom is 0.335 e. The van der Waals surface area contributed by atoms with Gasteiger partial charge < -0.3 is 38.2 Å². The number of aliphatic imine (C=N–C) groups is 2. The number of hydrogen-bond donors (Lipinski definition) is 0. The molecule has 4 aliphatic heterocycles. The van der Waals surface area contributed by atoms with E-state index in [1.54, 1.807) is 20.1 Å². The third kappa shape index (κ3) is 9.51. The van der Waals surface area contributed by atoms with Gasteiger partial charge in [-0.1, -0.05) is 133 Å². The van der Waals surface area contributed by atoms with Gasteiger partial charge in [-0.15, -0.1) is 0 Å². The topological polar surface area (TPSA) is 121 Å². The van der Waals surface area contributed by atoms with Gasteiger partial charge in [-0.05, 0) is 159 Å². The lowest BCUT2D eigenvalue weighted by atomic mass is 9.75. The highest BCUT2D eigenvalue weighted by Crippen LogP contribution is 2.60. The third-order valence-electron chi connectivity index (χ3n) is 18.0. The molecule has 0 radical (unpaired) electrons. The molecule has 12 nitrogen and oxygen atoms in total. The van der Waals surface area contributed by atoms with Crippen LogP contribution in [-0.4, -0.2) is 69.0 Å². The van der Waals surface area contributed by atoms with Gasteiger partial charge in [0.05, 0.1) is 54.0 Å². The summed E-state index contributed by atoms with van der Waals surface area (Å²) in [5, 5.41) is 8.55. The number of halogens is 1. The van der Waals surface area contributed by atoms with Crippen molar-refractivity contribution in [2.45, 2.75) is 70.7 Å². The van der Waals surface area contributed by atoms with Crippen molar-refractivity contribution in [1.29, 1.82) is 0 Å². The molecule has 10 aromatic rings. The molecule has 0 aromatic heterocycles. The van der Waals surface area contributed by atoms with Crippen LogP contribution in [0.25, 0.3) is 49.2 Å². The number of carbonyl (C=O) groups excluding carboxylic acids is 2. The molecule has 2 spiro atoms. The molecule has 0 bridgehead atoms. The first kappa shape index (κ1) is 58.1. The smallest absolute Gasteiger partial charge is 0.335 e. The Labute approximate surface area is 522 Å². The molecule has 0 fully saturated rings. The number of rotatable bonds is 13. The van der Waals surface area contributed by atoms with E-state index in [1.165, 1.54) is 21.9 Å². The summed E-state index contributed by atoms with van der Waals surface area (Å²) in [5.74, 6) is 3.32. The quantitative estimate of drug-likeness (QED) is 0.0477. The molecule has 0 aliphatic carbocycles. The van der Waals surface area contributed by atoms with Crippen molar-refractivity contribution in [2.24, 2.45) is 9.98 Å². The van der Waals surface area contributed by atoms with Crippen LogP contribution in [0.2, 0.25) is 5.02 Å². The van der Waals surface area contributed by atoms with Crippen molar-refractivity contribution in [3.63, 3.8) is 0 Å². The Hall–Kier alpha value is -9.91. The van der Waals surface area contributed by atoms with Gasteiger partial charge in [0.1, 0.15) is 59.1 Å². The monoisotopic (exact) mass is 1200 g/mol. The highest BCUT2D eigenvalue weighted by molar-refractivity contribution is 6.36. The van der Waals surface area contributed by atoms with E-state index in [4.69, 9.17) is 50.0 Å². The average molecular weight is 1200 g/mol. The number of allylic oxidation sites excluding steroid dienone is 1. The van der Waals surface area contributed by atoms with Crippen molar-refractivity contribution >= 4 is 108 Å². The van der Waals surface area contributed by atoms with Crippen LogP contribution in [0.5, 0.6) is 34.5 Å². The lowest BCUT2D eigenvalue weighted by Crippen LogP contribution is -2.63. The lowest BCUT2D eigenvalue weighted by Gasteiger charge is -2.46. The van der Waals surface area contributed by atoms with E-state index in [2.05, 4.69) is 93.5 Å². The number of Topliss-reactive ketones (excluding diaryl/α,β-unsaturated/α-hetero) is 1. The van der Waals surface area contributed by atoms with E-state index < -0.39 is 28.2 Å². The van der Waals surface area contributed by atoms with Crippen molar-refractivity contribution < 1.29 is 38.0 Å². The predicted octanol–water partition coefficient (Wildman–Crippen LogP) is 17.6. The van der Waals surface area contributed by atoms with Gasteiger partial charge in [0, 0.05) is 39.0 Å². The summed E-state index contributed by atoms with van der Waals surface area (Å²) >= 11 is 6.94. The van der Waals surface area contributed by atoms with Gasteiger partial charge >= 0.3 is 5.97 Å². The van der Waals surface area contributed by atoms with Gasteiger partial charge in [0.25, 0.3) is 0 Å². The van der Waals surface area contributed by atoms with Crippen LogP contribution in [0, 0.1) is 6.92 Å². The molecule has 10 aromatic carbocycles. The fourth-order valence-corrected chi connectivity index (χ4v) is 14.1. The number of esters is 1. The summed E-state index contributed by atoms with van der Waals surface area (Å²) in [6.45, 7) is 20.1. The third-order valence-corrected chi connectivity index (χ3v) is 18.3. The van der Waals surface area contributed by atoms with Crippen molar-refractivity contribution in [1.82, 2.24) is 0 Å². The maximum atomic E-state index is 12.5. The van der Waals surface area contributed by atoms with Crippen LogP contribution in [0.3, 0.4) is 0 Å². The van der Waals surface area contributed by atoms with Gasteiger partial charge in [0.2, 0.25) is 11.4 Å². The maximum absolute atomic E-state index is 12.5. The molecule has 0 saturated heterocycles. The number of benzene rings is 10. The fourth-order valence-electron chi connectivity index (χ4n) is 13.8. The molecule has 13 heteroatoms. The fraction of sp³-hybridized carbons (Fsp3) is 0.211. The summed E-state index contributed by atoms with van der Waals surface area (Å²) in [6.07, 6.45) is 8.96. The SMILES string of the molecule is C=CC(=O)Oc1cccc2c3c(cc(C=CC)c12)OC1(C=N3)N(CCOc2ccccc2)c2cc(Cl)c3ccccc3c2C1(C)C.COc1cc2ccc3c(c2cc1C(C)=O)N=CC1(O3)N(CCOc2ccccc2)c2cc(C)c3ccccc3c2C1(C)C. The standard InChI is InChI=1S/C39H33ClN2O4.C37H34N2O4/c1-5-13-25-22-33-37(29-18-12-19-32(35(25)29)45-34(43)6-2)41-24-39(46-33)38(3,4)36-28-17-11-10-16-27(28)30(40)23-31(36)42(39)20-21-44-26-14-8-7-9-15-26;1-23-19-31-34(28-14-10-9-13-27(23)28)36(3,4)37(39(31)17-18-42-26-11-7-6-8-12-26)22-38-35-30-21-29(24(2)40)33(41-5)20-25(30)15-16-32(35)43-37/h5-19,22-24H,2,20-21H2,1,3-4H3;6-16,19-22H,17-18H2,1-5H3. The molecule has 2 atom stereocenters. The molecule has 2 unspecified atom stereocenters. The van der Waals surface area contributed by atoms with Crippen LogP contribution < -0.4 is 38.2 Å². The average Bonchev–Trinajstić information content (AvgIpc) is 1.56. The lowest BCUT2D eigenvalue weighted by molar-refractivity contribution is -0.128. The number of methoxy groups -OCH3 is 1. The highest BCUT2D eigenvalue weighted by Gasteiger charge is 2.62.